The first-order valence-corrected chi connectivity index (χ1v) is 7.76. The molecule has 2 amide bonds. The van der Waals surface area contributed by atoms with E-state index in [-0.39, 0.29) is 24.8 Å². The maximum absolute atomic E-state index is 13.5. The van der Waals surface area contributed by atoms with Gasteiger partial charge in [-0.3, -0.25) is 9.59 Å². The molecule has 0 saturated heterocycles. The molecule has 3 heterocycles. The molecule has 1 atom stereocenters. The van der Waals surface area contributed by atoms with E-state index in [1.807, 2.05) is 0 Å². The number of anilines is 1. The number of halogens is 1. The van der Waals surface area contributed by atoms with Crippen molar-refractivity contribution in [2.45, 2.75) is 18.9 Å². The van der Waals surface area contributed by atoms with Crippen LogP contribution in [0.5, 0.6) is 0 Å². The number of fused-ring (bicyclic) bond motifs is 2. The Morgan fingerprint density at radius 3 is 3.20 bits per heavy atom. The summed E-state index contributed by atoms with van der Waals surface area (Å²) < 4.78 is 15.2. The summed E-state index contributed by atoms with van der Waals surface area (Å²) in [4.78, 5) is 28.6. The fourth-order valence-corrected chi connectivity index (χ4v) is 2.97. The summed E-state index contributed by atoms with van der Waals surface area (Å²) in [5.74, 6) is -1.78. The number of rotatable bonds is 3. The first-order chi connectivity index (χ1) is 12.1. The van der Waals surface area contributed by atoms with Gasteiger partial charge in [0, 0.05) is 36.6 Å². The zero-order valence-corrected chi connectivity index (χ0v) is 13.1. The van der Waals surface area contributed by atoms with E-state index in [2.05, 4.69) is 20.7 Å². The van der Waals surface area contributed by atoms with Gasteiger partial charge in [-0.05, 0) is 29.8 Å². The van der Waals surface area contributed by atoms with Crippen LogP contribution in [0.15, 0.2) is 42.9 Å². The van der Waals surface area contributed by atoms with Crippen molar-refractivity contribution in [3.05, 3.63) is 59.8 Å². The average Bonchev–Trinajstić information content (AvgIpc) is 3.02. The Kier molecular flexibility index (Phi) is 3.64. The van der Waals surface area contributed by atoms with Crippen molar-refractivity contribution in [3.63, 3.8) is 0 Å². The van der Waals surface area contributed by atoms with E-state index in [0.29, 0.717) is 16.9 Å². The van der Waals surface area contributed by atoms with Crippen LogP contribution in [0.25, 0.3) is 5.65 Å². The Balaban J connectivity index is 1.55. The molecule has 3 aromatic rings. The minimum Gasteiger partial charge on any atom is -0.351 e. The summed E-state index contributed by atoms with van der Waals surface area (Å²) in [5, 5.41) is 9.61. The Bertz CT molecular complexity index is 984. The molecule has 1 aliphatic heterocycles. The fraction of sp³-hybridized carbons (Fsp3) is 0.176. The van der Waals surface area contributed by atoms with Crippen LogP contribution in [0.4, 0.5) is 10.1 Å². The summed E-state index contributed by atoms with van der Waals surface area (Å²) in [6.45, 7) is 0.224. The molecule has 1 aliphatic rings. The lowest BCUT2D eigenvalue weighted by Crippen LogP contribution is -2.34. The van der Waals surface area contributed by atoms with Gasteiger partial charge in [0.2, 0.25) is 11.8 Å². The molecule has 0 spiro atoms. The van der Waals surface area contributed by atoms with Crippen molar-refractivity contribution in [1.29, 1.82) is 0 Å². The number of nitrogens with zero attached hydrogens (tertiary/aromatic N) is 3. The molecule has 2 N–H and O–H groups in total. The Hall–Kier alpha value is -3.29. The van der Waals surface area contributed by atoms with Crippen molar-refractivity contribution >= 4 is 23.1 Å². The van der Waals surface area contributed by atoms with Crippen molar-refractivity contribution in [1.82, 2.24) is 19.9 Å². The highest BCUT2D eigenvalue weighted by molar-refractivity contribution is 6.01. The Morgan fingerprint density at radius 1 is 1.44 bits per heavy atom. The summed E-state index contributed by atoms with van der Waals surface area (Å²) in [6, 6.07) is 5.77. The van der Waals surface area contributed by atoms with Crippen LogP contribution in [0.1, 0.15) is 23.5 Å². The number of carbonyl (C=O) groups excluding carboxylic acids is 2. The molecule has 1 unspecified atom stereocenters. The number of nitrogens with one attached hydrogen (secondary N) is 2. The molecule has 0 bridgehead atoms. The summed E-state index contributed by atoms with van der Waals surface area (Å²) in [5.41, 5.74) is 2.36. The minimum atomic E-state index is -0.728. The first-order valence-electron chi connectivity index (χ1n) is 7.76. The molecule has 126 valence electrons. The number of benzene rings is 1. The van der Waals surface area contributed by atoms with Crippen LogP contribution in [-0.2, 0) is 16.1 Å². The van der Waals surface area contributed by atoms with Crippen molar-refractivity contribution in [2.75, 3.05) is 5.32 Å². The van der Waals surface area contributed by atoms with Gasteiger partial charge in [-0.15, -0.1) is 0 Å². The molecule has 25 heavy (non-hydrogen) atoms. The zero-order chi connectivity index (χ0) is 17.4. The molecule has 2 aromatic heterocycles. The first kappa shape index (κ1) is 15.3. The monoisotopic (exact) mass is 339 g/mol. The smallest absolute Gasteiger partial charge is 0.228 e. The Morgan fingerprint density at radius 2 is 2.32 bits per heavy atom. The second kappa shape index (κ2) is 5.97. The van der Waals surface area contributed by atoms with Crippen LogP contribution in [0, 0.1) is 5.82 Å². The van der Waals surface area contributed by atoms with E-state index < -0.39 is 11.7 Å². The van der Waals surface area contributed by atoms with Gasteiger partial charge in [-0.2, -0.15) is 5.10 Å². The molecule has 7 nitrogen and oxygen atoms in total. The van der Waals surface area contributed by atoms with E-state index >= 15 is 0 Å². The lowest BCUT2D eigenvalue weighted by molar-refractivity contribution is -0.126. The van der Waals surface area contributed by atoms with E-state index in [1.54, 1.807) is 29.2 Å². The van der Waals surface area contributed by atoms with Crippen LogP contribution in [-0.4, -0.2) is 26.4 Å². The molecule has 4 rings (SSSR count). The number of amides is 2. The SMILES string of the molecule is O=C1CC(C(=O)NCc2cnn3cccnc23)c2cc(F)ccc2N1. The predicted molar refractivity (Wildman–Crippen MR) is 87.2 cm³/mol. The summed E-state index contributed by atoms with van der Waals surface area (Å²) >= 11 is 0. The van der Waals surface area contributed by atoms with Crippen molar-refractivity contribution in [3.8, 4) is 0 Å². The molecule has 0 radical (unpaired) electrons. The van der Waals surface area contributed by atoms with Crippen LogP contribution in [0.3, 0.4) is 0 Å². The number of carbonyl (C=O) groups is 2. The third kappa shape index (κ3) is 2.82. The van der Waals surface area contributed by atoms with Crippen molar-refractivity contribution < 1.29 is 14.0 Å². The average molecular weight is 339 g/mol. The summed E-state index contributed by atoms with van der Waals surface area (Å²) in [7, 11) is 0. The third-order valence-corrected chi connectivity index (χ3v) is 4.17. The number of hydrogen-bond donors (Lipinski definition) is 2. The molecular weight excluding hydrogens is 325 g/mol. The van der Waals surface area contributed by atoms with Gasteiger partial charge < -0.3 is 10.6 Å². The number of hydrogen-bond acceptors (Lipinski definition) is 4. The second-order valence-corrected chi connectivity index (χ2v) is 5.81. The molecular formula is C17H14FN5O2. The minimum absolute atomic E-state index is 0.0186. The summed E-state index contributed by atoms with van der Waals surface area (Å²) in [6.07, 6.45) is 5.02. The maximum Gasteiger partial charge on any atom is 0.228 e. The van der Waals surface area contributed by atoms with Gasteiger partial charge in [0.1, 0.15) is 5.82 Å². The topological polar surface area (TPSA) is 88.4 Å². The lowest BCUT2D eigenvalue weighted by atomic mass is 9.89. The van der Waals surface area contributed by atoms with Gasteiger partial charge in [-0.25, -0.2) is 13.9 Å². The second-order valence-electron chi connectivity index (χ2n) is 5.81. The van der Waals surface area contributed by atoms with E-state index in [9.17, 15) is 14.0 Å². The highest BCUT2D eigenvalue weighted by Crippen LogP contribution is 2.32. The highest BCUT2D eigenvalue weighted by atomic mass is 19.1. The van der Waals surface area contributed by atoms with Gasteiger partial charge >= 0.3 is 0 Å². The normalized spacial score (nSPS) is 16.4. The maximum atomic E-state index is 13.5. The molecule has 0 aliphatic carbocycles. The Labute approximate surface area is 141 Å². The van der Waals surface area contributed by atoms with Crippen LogP contribution < -0.4 is 10.6 Å². The third-order valence-electron chi connectivity index (χ3n) is 4.17. The van der Waals surface area contributed by atoms with Crippen LogP contribution in [0.2, 0.25) is 0 Å². The molecule has 1 aromatic carbocycles. The lowest BCUT2D eigenvalue weighted by Gasteiger charge is -2.24. The molecule has 0 saturated carbocycles. The van der Waals surface area contributed by atoms with E-state index in [0.717, 1.165) is 5.56 Å². The van der Waals surface area contributed by atoms with E-state index in [1.165, 1.54) is 18.2 Å². The highest BCUT2D eigenvalue weighted by Gasteiger charge is 2.31. The molecule has 8 heteroatoms. The van der Waals surface area contributed by atoms with Gasteiger partial charge in [0.05, 0.1) is 12.1 Å². The fourth-order valence-electron chi connectivity index (χ4n) is 2.97. The molecule has 0 fully saturated rings. The van der Waals surface area contributed by atoms with Gasteiger partial charge in [0.25, 0.3) is 0 Å². The van der Waals surface area contributed by atoms with E-state index in [4.69, 9.17) is 0 Å². The van der Waals surface area contributed by atoms with Gasteiger partial charge in [0.15, 0.2) is 5.65 Å². The predicted octanol–water partition coefficient (Wildman–Crippen LogP) is 1.61. The van der Waals surface area contributed by atoms with Crippen LogP contribution >= 0.6 is 0 Å². The largest absolute Gasteiger partial charge is 0.351 e. The number of aromatic nitrogens is 3. The van der Waals surface area contributed by atoms with Crippen molar-refractivity contribution in [2.24, 2.45) is 0 Å². The zero-order valence-electron chi connectivity index (χ0n) is 13.1. The quantitative estimate of drug-likeness (QED) is 0.759. The standard InChI is InChI=1S/C17H14FN5O2/c18-11-2-3-14-12(6-11)13(7-15(24)22-14)17(25)20-8-10-9-21-23-5-1-4-19-16(10)23/h1-6,9,13H,7-8H2,(H,20,25)(H,22,24). The van der Waals surface area contributed by atoms with Gasteiger partial charge in [-0.1, -0.05) is 0 Å².